The zero-order valence-electron chi connectivity index (χ0n) is 20.1. The van der Waals surface area contributed by atoms with E-state index in [4.69, 9.17) is 4.74 Å². The highest BCUT2D eigenvalue weighted by atomic mass is 16.5. The van der Waals surface area contributed by atoms with Gasteiger partial charge in [0.25, 0.3) is 0 Å². The van der Waals surface area contributed by atoms with E-state index in [1.807, 2.05) is 26.1 Å². The molecule has 8 heteroatoms. The fraction of sp³-hybridized carbons (Fsp3) is 0.583. The topological polar surface area (TPSA) is 70.0 Å². The summed E-state index contributed by atoms with van der Waals surface area (Å²) in [5, 5.41) is 11.4. The molecule has 3 rings (SSSR count). The normalized spacial score (nSPS) is 15.1. The van der Waals surface area contributed by atoms with Crippen LogP contribution in [0.25, 0.3) is 0 Å². The number of aromatic nitrogens is 2. The monoisotopic (exact) mass is 441 g/mol. The summed E-state index contributed by atoms with van der Waals surface area (Å²) in [4.78, 5) is 9.34. The Balaban J connectivity index is 1.26. The lowest BCUT2D eigenvalue weighted by molar-refractivity contribution is 0.255. The Hall–Kier alpha value is -2.74. The van der Waals surface area contributed by atoms with E-state index in [1.165, 1.54) is 11.4 Å². The number of aliphatic imine (C=N–C) groups is 1. The number of hydrogen-bond acceptors (Lipinski definition) is 5. The third-order valence-corrected chi connectivity index (χ3v) is 5.92. The fourth-order valence-electron chi connectivity index (χ4n) is 4.09. The van der Waals surface area contributed by atoms with Gasteiger partial charge in [-0.25, -0.2) is 0 Å². The van der Waals surface area contributed by atoms with E-state index in [2.05, 4.69) is 60.3 Å². The number of hydrogen-bond donors (Lipinski definition) is 2. The molecule has 2 heterocycles. The van der Waals surface area contributed by atoms with Crippen molar-refractivity contribution in [2.75, 3.05) is 64.9 Å². The van der Waals surface area contributed by atoms with Crippen LogP contribution in [-0.2, 0) is 6.54 Å². The molecule has 0 saturated carbocycles. The Labute approximate surface area is 192 Å². The molecule has 0 amide bonds. The van der Waals surface area contributed by atoms with Crippen molar-refractivity contribution in [2.24, 2.45) is 4.99 Å². The van der Waals surface area contributed by atoms with Crippen LogP contribution in [0.5, 0.6) is 5.75 Å². The van der Waals surface area contributed by atoms with E-state index in [0.717, 1.165) is 82.6 Å². The van der Waals surface area contributed by atoms with E-state index in [1.54, 1.807) is 7.11 Å². The average Bonchev–Trinajstić information content (AvgIpc) is 3.15. The summed E-state index contributed by atoms with van der Waals surface area (Å²) in [6, 6.07) is 10.5. The maximum absolute atomic E-state index is 5.25. The summed E-state index contributed by atoms with van der Waals surface area (Å²) >= 11 is 0. The number of guanidine groups is 1. The summed E-state index contributed by atoms with van der Waals surface area (Å²) in [6.45, 7) is 12.3. The van der Waals surface area contributed by atoms with Gasteiger partial charge in [-0.1, -0.05) is 0 Å². The molecular weight excluding hydrogens is 402 g/mol. The molecule has 2 N–H and O–H groups in total. The van der Waals surface area contributed by atoms with Gasteiger partial charge in [0, 0.05) is 64.2 Å². The lowest BCUT2D eigenvalue weighted by atomic mass is 10.2. The lowest BCUT2D eigenvalue weighted by Gasteiger charge is -2.36. The maximum atomic E-state index is 5.25. The third-order valence-electron chi connectivity index (χ3n) is 5.92. The number of piperazine rings is 1. The van der Waals surface area contributed by atoms with Gasteiger partial charge < -0.3 is 20.3 Å². The number of nitrogens with one attached hydrogen (secondary N) is 2. The van der Waals surface area contributed by atoms with Gasteiger partial charge in [-0.2, -0.15) is 5.10 Å². The molecule has 1 aliphatic rings. The molecule has 1 aromatic carbocycles. The Bertz CT molecular complexity index is 839. The molecule has 1 aliphatic heterocycles. The van der Waals surface area contributed by atoms with Crippen LogP contribution in [0.2, 0.25) is 0 Å². The zero-order chi connectivity index (χ0) is 22.8. The number of methoxy groups -OCH3 is 1. The van der Waals surface area contributed by atoms with E-state index >= 15 is 0 Å². The minimum Gasteiger partial charge on any atom is -0.497 e. The first kappa shape index (κ1) is 23.9. The highest BCUT2D eigenvalue weighted by Crippen LogP contribution is 2.20. The van der Waals surface area contributed by atoms with Gasteiger partial charge in [0.05, 0.1) is 12.8 Å². The minimum atomic E-state index is 0.877. The van der Waals surface area contributed by atoms with Crippen LogP contribution in [0, 0.1) is 13.8 Å². The van der Waals surface area contributed by atoms with Crippen molar-refractivity contribution in [1.29, 1.82) is 0 Å². The second kappa shape index (κ2) is 12.3. The van der Waals surface area contributed by atoms with Gasteiger partial charge in [0.15, 0.2) is 5.96 Å². The van der Waals surface area contributed by atoms with Crippen LogP contribution >= 0.6 is 0 Å². The van der Waals surface area contributed by atoms with Gasteiger partial charge >= 0.3 is 0 Å². The first-order valence-electron chi connectivity index (χ1n) is 11.7. The first-order valence-corrected chi connectivity index (χ1v) is 11.7. The van der Waals surface area contributed by atoms with Gasteiger partial charge in [-0.05, 0) is 63.6 Å². The summed E-state index contributed by atoms with van der Waals surface area (Å²) in [6.07, 6.45) is 2.12. The maximum Gasteiger partial charge on any atom is 0.190 e. The van der Waals surface area contributed by atoms with Crippen LogP contribution in [0.3, 0.4) is 0 Å². The van der Waals surface area contributed by atoms with E-state index in [0.29, 0.717) is 0 Å². The molecule has 0 radical (unpaired) electrons. The van der Waals surface area contributed by atoms with Gasteiger partial charge in [0.2, 0.25) is 0 Å². The molecule has 2 aromatic rings. The van der Waals surface area contributed by atoms with Gasteiger partial charge in [-0.3, -0.25) is 14.6 Å². The molecule has 0 atom stereocenters. The summed E-state index contributed by atoms with van der Waals surface area (Å²) in [7, 11) is 3.53. The Morgan fingerprint density at radius 2 is 1.66 bits per heavy atom. The van der Waals surface area contributed by atoms with Crippen LogP contribution < -0.4 is 20.3 Å². The molecule has 1 fully saturated rings. The van der Waals surface area contributed by atoms with Crippen molar-refractivity contribution in [3.05, 3.63) is 41.7 Å². The Kier molecular flexibility index (Phi) is 9.22. The van der Waals surface area contributed by atoms with Crippen LogP contribution in [0.15, 0.2) is 35.3 Å². The lowest BCUT2D eigenvalue weighted by Crippen LogP contribution is -2.47. The fourth-order valence-corrected chi connectivity index (χ4v) is 4.09. The van der Waals surface area contributed by atoms with Gasteiger partial charge in [-0.15, -0.1) is 0 Å². The van der Waals surface area contributed by atoms with E-state index in [-0.39, 0.29) is 0 Å². The van der Waals surface area contributed by atoms with Crippen molar-refractivity contribution in [3.8, 4) is 5.75 Å². The van der Waals surface area contributed by atoms with Crippen molar-refractivity contribution in [3.63, 3.8) is 0 Å². The second-order valence-corrected chi connectivity index (χ2v) is 8.31. The number of nitrogens with zero attached hydrogens (tertiary/aromatic N) is 5. The molecule has 176 valence electrons. The van der Waals surface area contributed by atoms with Crippen molar-refractivity contribution in [2.45, 2.75) is 33.2 Å². The number of ether oxygens (including phenoxy) is 1. The Morgan fingerprint density at radius 1 is 1.00 bits per heavy atom. The predicted octanol–water partition coefficient (Wildman–Crippen LogP) is 2.28. The molecule has 8 nitrogen and oxygen atoms in total. The minimum absolute atomic E-state index is 0.877. The molecule has 1 saturated heterocycles. The third kappa shape index (κ3) is 7.15. The highest BCUT2D eigenvalue weighted by Gasteiger charge is 2.16. The quantitative estimate of drug-likeness (QED) is 0.335. The number of anilines is 1. The molecule has 0 aliphatic carbocycles. The van der Waals surface area contributed by atoms with Crippen molar-refractivity contribution < 1.29 is 4.74 Å². The number of rotatable bonds is 10. The number of benzene rings is 1. The zero-order valence-corrected chi connectivity index (χ0v) is 20.1. The molecule has 1 aromatic heterocycles. The second-order valence-electron chi connectivity index (χ2n) is 8.31. The van der Waals surface area contributed by atoms with E-state index < -0.39 is 0 Å². The SMILES string of the molecule is CN=C(NCCCN1CCN(c2ccc(OC)cc2)CC1)NCCCn1nc(C)cc1C. The highest BCUT2D eigenvalue weighted by molar-refractivity contribution is 5.79. The predicted molar refractivity (Wildman–Crippen MR) is 132 cm³/mol. The van der Waals surface area contributed by atoms with Crippen molar-refractivity contribution >= 4 is 11.6 Å². The average molecular weight is 442 g/mol. The molecule has 0 unspecified atom stereocenters. The molecular formula is C24H39N7O. The van der Waals surface area contributed by atoms with Crippen molar-refractivity contribution in [1.82, 2.24) is 25.3 Å². The van der Waals surface area contributed by atoms with E-state index in [9.17, 15) is 0 Å². The number of aryl methyl sites for hydroxylation is 3. The van der Waals surface area contributed by atoms with Crippen LogP contribution in [0.1, 0.15) is 24.2 Å². The molecule has 0 spiro atoms. The molecule has 32 heavy (non-hydrogen) atoms. The summed E-state index contributed by atoms with van der Waals surface area (Å²) in [5.41, 5.74) is 3.57. The summed E-state index contributed by atoms with van der Waals surface area (Å²) < 4.78 is 7.33. The largest absolute Gasteiger partial charge is 0.497 e. The van der Waals surface area contributed by atoms with Gasteiger partial charge in [0.1, 0.15) is 5.75 Å². The standard InChI is InChI=1S/C24H39N7O/c1-20-19-21(2)31(28-20)14-6-12-27-24(25-3)26-11-5-13-29-15-17-30(18-16-29)22-7-9-23(32-4)10-8-22/h7-10,19H,5-6,11-18H2,1-4H3,(H2,25,26,27). The van der Waals surface area contributed by atoms with Crippen LogP contribution in [-0.4, -0.2) is 80.6 Å². The molecule has 0 bridgehead atoms. The Morgan fingerprint density at radius 3 is 2.22 bits per heavy atom. The smallest absolute Gasteiger partial charge is 0.190 e. The summed E-state index contributed by atoms with van der Waals surface area (Å²) in [5.74, 6) is 1.79. The van der Waals surface area contributed by atoms with Crippen LogP contribution in [0.4, 0.5) is 5.69 Å². The first-order chi connectivity index (χ1) is 15.6.